The van der Waals surface area contributed by atoms with Crippen LogP contribution in [0.1, 0.15) is 15.9 Å². The highest BCUT2D eigenvalue weighted by atomic mass is 79.9. The first-order valence-corrected chi connectivity index (χ1v) is 10.0. The summed E-state index contributed by atoms with van der Waals surface area (Å²) >= 11 is 3.44. The molecule has 0 radical (unpaired) electrons. The fourth-order valence-electron chi connectivity index (χ4n) is 3.57. The molecule has 1 amide bonds. The van der Waals surface area contributed by atoms with Gasteiger partial charge in [0.05, 0.1) is 5.56 Å². The van der Waals surface area contributed by atoms with Gasteiger partial charge in [-0.3, -0.25) is 4.79 Å². The lowest BCUT2D eigenvalue weighted by Gasteiger charge is -2.17. The van der Waals surface area contributed by atoms with Crippen molar-refractivity contribution in [3.63, 3.8) is 0 Å². The summed E-state index contributed by atoms with van der Waals surface area (Å²) in [6.07, 6.45) is 0.186. The Morgan fingerprint density at radius 1 is 0.862 bits per heavy atom. The largest absolute Gasteiger partial charge is 0.480 e. The number of halogens is 1. The smallest absolute Gasteiger partial charge is 0.326 e. The predicted octanol–water partition coefficient (Wildman–Crippen LogP) is 5.18. The van der Waals surface area contributed by atoms with E-state index in [1.165, 1.54) is 0 Å². The number of nitrogens with one attached hydrogen (secondary N) is 1. The Labute approximate surface area is 176 Å². The molecule has 144 valence electrons. The number of carbonyl (C=O) groups excluding carboxylic acids is 1. The van der Waals surface area contributed by atoms with Crippen LogP contribution in [-0.2, 0) is 11.2 Å². The zero-order valence-electron chi connectivity index (χ0n) is 15.4. The van der Waals surface area contributed by atoms with Gasteiger partial charge in [0.2, 0.25) is 0 Å². The fraction of sp³-hybridized carbons (Fsp3) is 0.0833. The quantitative estimate of drug-likeness (QED) is 0.414. The first kappa shape index (κ1) is 19.2. The van der Waals surface area contributed by atoms with Crippen molar-refractivity contribution < 1.29 is 14.7 Å². The van der Waals surface area contributed by atoms with Crippen molar-refractivity contribution in [3.05, 3.63) is 94.5 Å². The Bertz CT molecular complexity index is 1180. The zero-order chi connectivity index (χ0) is 20.4. The average molecular weight is 448 g/mol. The number of carboxylic acid groups (broad SMARTS) is 1. The van der Waals surface area contributed by atoms with Gasteiger partial charge >= 0.3 is 5.97 Å². The minimum Gasteiger partial charge on any atom is -0.480 e. The summed E-state index contributed by atoms with van der Waals surface area (Å²) in [5.41, 5.74) is 1.32. The van der Waals surface area contributed by atoms with Gasteiger partial charge in [0.15, 0.2) is 0 Å². The van der Waals surface area contributed by atoms with Crippen LogP contribution in [0.4, 0.5) is 0 Å². The molecular weight excluding hydrogens is 430 g/mol. The van der Waals surface area contributed by atoms with Crippen LogP contribution in [-0.4, -0.2) is 23.0 Å². The second-order valence-electron chi connectivity index (χ2n) is 6.85. The molecule has 0 saturated carbocycles. The van der Waals surface area contributed by atoms with E-state index >= 15 is 0 Å². The molecule has 0 aliphatic heterocycles. The van der Waals surface area contributed by atoms with E-state index in [0.717, 1.165) is 31.6 Å². The molecule has 1 atom stereocenters. The molecule has 4 nitrogen and oxygen atoms in total. The third-order valence-electron chi connectivity index (χ3n) is 4.98. The number of hydrogen-bond acceptors (Lipinski definition) is 2. The average Bonchev–Trinajstić information content (AvgIpc) is 2.72. The third-order valence-corrected chi connectivity index (χ3v) is 5.76. The Balaban J connectivity index is 1.75. The molecule has 0 heterocycles. The molecule has 0 fully saturated rings. The van der Waals surface area contributed by atoms with Crippen molar-refractivity contribution in [2.45, 2.75) is 12.5 Å². The number of benzene rings is 4. The molecule has 0 spiro atoms. The van der Waals surface area contributed by atoms with Gasteiger partial charge in [-0.15, -0.1) is 0 Å². The van der Waals surface area contributed by atoms with Crippen LogP contribution in [0.2, 0.25) is 0 Å². The minimum absolute atomic E-state index is 0.186. The number of fused-ring (bicyclic) bond motifs is 2. The number of rotatable bonds is 5. The van der Waals surface area contributed by atoms with Gasteiger partial charge in [-0.1, -0.05) is 82.7 Å². The SMILES string of the molecule is O=C(N[C@@H](Cc1ccccc1Br)C(=O)O)c1c2ccccc2cc2ccccc12. The summed E-state index contributed by atoms with van der Waals surface area (Å²) in [6.45, 7) is 0. The van der Waals surface area contributed by atoms with Gasteiger partial charge in [-0.05, 0) is 39.2 Å². The van der Waals surface area contributed by atoms with Crippen LogP contribution in [0.5, 0.6) is 0 Å². The van der Waals surface area contributed by atoms with E-state index in [-0.39, 0.29) is 6.42 Å². The maximum Gasteiger partial charge on any atom is 0.326 e. The third kappa shape index (κ3) is 3.87. The lowest BCUT2D eigenvalue weighted by molar-refractivity contribution is -0.139. The van der Waals surface area contributed by atoms with E-state index in [0.29, 0.717) is 5.56 Å². The van der Waals surface area contributed by atoms with Crippen molar-refractivity contribution in [3.8, 4) is 0 Å². The van der Waals surface area contributed by atoms with Crippen LogP contribution in [0.25, 0.3) is 21.5 Å². The summed E-state index contributed by atoms with van der Waals surface area (Å²) in [4.78, 5) is 25.2. The molecule has 0 bridgehead atoms. The van der Waals surface area contributed by atoms with Crippen LogP contribution in [0, 0.1) is 0 Å². The zero-order valence-corrected chi connectivity index (χ0v) is 17.0. The molecule has 2 N–H and O–H groups in total. The van der Waals surface area contributed by atoms with Crippen LogP contribution < -0.4 is 5.32 Å². The highest BCUT2D eigenvalue weighted by molar-refractivity contribution is 9.10. The van der Waals surface area contributed by atoms with E-state index in [9.17, 15) is 14.7 Å². The lowest BCUT2D eigenvalue weighted by atomic mass is 9.96. The van der Waals surface area contributed by atoms with Crippen molar-refractivity contribution in [1.82, 2.24) is 5.32 Å². The number of carboxylic acids is 1. The molecule has 4 rings (SSSR count). The number of aliphatic carboxylic acids is 1. The Morgan fingerprint density at radius 2 is 1.41 bits per heavy atom. The van der Waals surface area contributed by atoms with Crippen molar-refractivity contribution in [1.29, 1.82) is 0 Å². The van der Waals surface area contributed by atoms with Crippen molar-refractivity contribution in [2.24, 2.45) is 0 Å². The molecule has 0 aromatic heterocycles. The Kier molecular flexibility index (Phi) is 5.32. The summed E-state index contributed by atoms with van der Waals surface area (Å²) in [5.74, 6) is -1.46. The summed E-state index contributed by atoms with van der Waals surface area (Å²) in [7, 11) is 0. The molecule has 0 unspecified atom stereocenters. The number of amides is 1. The maximum absolute atomic E-state index is 13.3. The molecule has 0 aliphatic rings. The second-order valence-corrected chi connectivity index (χ2v) is 7.71. The fourth-order valence-corrected chi connectivity index (χ4v) is 4.02. The normalized spacial score (nSPS) is 12.0. The van der Waals surface area contributed by atoms with Crippen molar-refractivity contribution in [2.75, 3.05) is 0 Å². The molecule has 0 saturated heterocycles. The number of carbonyl (C=O) groups is 2. The van der Waals surface area contributed by atoms with E-state index in [2.05, 4.69) is 21.2 Å². The highest BCUT2D eigenvalue weighted by Crippen LogP contribution is 2.28. The maximum atomic E-state index is 13.3. The van der Waals surface area contributed by atoms with Gasteiger partial charge < -0.3 is 10.4 Å². The Hall–Kier alpha value is -3.18. The Morgan fingerprint density at radius 3 is 2.00 bits per heavy atom. The van der Waals surface area contributed by atoms with E-state index in [1.807, 2.05) is 78.9 Å². The first-order valence-electron chi connectivity index (χ1n) is 9.22. The van der Waals surface area contributed by atoms with Crippen LogP contribution in [0.15, 0.2) is 83.3 Å². The van der Waals surface area contributed by atoms with E-state index in [1.54, 1.807) is 0 Å². The van der Waals surface area contributed by atoms with Crippen LogP contribution in [0.3, 0.4) is 0 Å². The monoisotopic (exact) mass is 447 g/mol. The second kappa shape index (κ2) is 8.05. The van der Waals surface area contributed by atoms with Crippen molar-refractivity contribution >= 4 is 49.4 Å². The van der Waals surface area contributed by atoms with E-state index in [4.69, 9.17) is 0 Å². The summed E-state index contributed by atoms with van der Waals surface area (Å²) in [5, 5.41) is 15.9. The summed E-state index contributed by atoms with van der Waals surface area (Å²) < 4.78 is 0.816. The predicted molar refractivity (Wildman–Crippen MR) is 118 cm³/mol. The van der Waals surface area contributed by atoms with Gasteiger partial charge in [0.25, 0.3) is 5.91 Å². The topological polar surface area (TPSA) is 66.4 Å². The molecule has 4 aromatic carbocycles. The van der Waals surface area contributed by atoms with E-state index < -0.39 is 17.9 Å². The molecular formula is C24H18BrNO3. The lowest BCUT2D eigenvalue weighted by Crippen LogP contribution is -2.42. The van der Waals surface area contributed by atoms with Gasteiger partial charge in [0, 0.05) is 10.9 Å². The van der Waals surface area contributed by atoms with Gasteiger partial charge in [-0.2, -0.15) is 0 Å². The summed E-state index contributed by atoms with van der Waals surface area (Å²) in [6, 6.07) is 23.7. The van der Waals surface area contributed by atoms with Gasteiger partial charge in [0.1, 0.15) is 6.04 Å². The van der Waals surface area contributed by atoms with Crippen LogP contribution >= 0.6 is 15.9 Å². The highest BCUT2D eigenvalue weighted by Gasteiger charge is 2.24. The van der Waals surface area contributed by atoms with Gasteiger partial charge in [-0.25, -0.2) is 4.79 Å². The number of hydrogen-bond donors (Lipinski definition) is 2. The molecule has 29 heavy (non-hydrogen) atoms. The molecule has 5 heteroatoms. The first-order chi connectivity index (χ1) is 14.0. The molecule has 4 aromatic rings. The standard InChI is InChI=1S/C24H18BrNO3/c25-20-12-6-3-9-17(20)14-21(24(28)29)26-23(27)22-18-10-4-1-7-15(18)13-16-8-2-5-11-19(16)22/h1-13,21H,14H2,(H,26,27)(H,28,29)/t21-/m0/s1. The molecule has 0 aliphatic carbocycles. The minimum atomic E-state index is -1.07.